The molecule has 2 N–H and O–H groups in total. The number of benzene rings is 1. The second-order valence-electron chi connectivity index (χ2n) is 3.82. The number of thioether (sulfide) groups is 1. The molecule has 0 unspecified atom stereocenters. The maximum Gasteiger partial charge on any atom is 0.119 e. The SMILES string of the molecule is Cc1cnc(SCc2ccc(Cl)cc2)c(N)c1. The van der Waals surface area contributed by atoms with Crippen molar-refractivity contribution in [2.45, 2.75) is 17.7 Å². The van der Waals surface area contributed by atoms with Crippen molar-refractivity contribution in [1.29, 1.82) is 0 Å². The summed E-state index contributed by atoms with van der Waals surface area (Å²) in [7, 11) is 0. The largest absolute Gasteiger partial charge is 0.397 e. The van der Waals surface area contributed by atoms with Crippen molar-refractivity contribution >= 4 is 29.1 Å². The van der Waals surface area contributed by atoms with Gasteiger partial charge in [-0.15, -0.1) is 0 Å². The quantitative estimate of drug-likeness (QED) is 0.854. The molecule has 17 heavy (non-hydrogen) atoms. The zero-order valence-corrected chi connectivity index (χ0v) is 11.1. The van der Waals surface area contributed by atoms with Crippen molar-refractivity contribution in [2.75, 3.05) is 5.73 Å². The molecule has 2 rings (SSSR count). The van der Waals surface area contributed by atoms with Crippen LogP contribution in [0.1, 0.15) is 11.1 Å². The first kappa shape index (κ1) is 12.3. The van der Waals surface area contributed by atoms with Gasteiger partial charge in [-0.05, 0) is 36.2 Å². The molecule has 88 valence electrons. The van der Waals surface area contributed by atoms with E-state index in [1.807, 2.05) is 43.5 Å². The molecule has 0 aliphatic carbocycles. The number of pyridine rings is 1. The minimum absolute atomic E-state index is 0.740. The van der Waals surface area contributed by atoms with Crippen LogP contribution in [-0.2, 0) is 5.75 Å². The fraction of sp³-hybridized carbons (Fsp3) is 0.154. The molecule has 0 atom stereocenters. The summed E-state index contributed by atoms with van der Waals surface area (Å²) in [6.45, 7) is 1.98. The Kier molecular flexibility index (Phi) is 3.92. The van der Waals surface area contributed by atoms with E-state index in [-0.39, 0.29) is 0 Å². The molecule has 2 aromatic rings. The topological polar surface area (TPSA) is 38.9 Å². The minimum Gasteiger partial charge on any atom is -0.397 e. The predicted octanol–water partition coefficient (Wildman–Crippen LogP) is 3.92. The first-order chi connectivity index (χ1) is 8.15. The summed E-state index contributed by atoms with van der Waals surface area (Å²) >= 11 is 7.47. The van der Waals surface area contributed by atoms with Crippen LogP contribution in [0.25, 0.3) is 0 Å². The van der Waals surface area contributed by atoms with Gasteiger partial charge in [0.1, 0.15) is 5.03 Å². The van der Waals surface area contributed by atoms with E-state index in [1.54, 1.807) is 11.8 Å². The normalized spacial score (nSPS) is 10.5. The van der Waals surface area contributed by atoms with E-state index >= 15 is 0 Å². The molecule has 1 heterocycles. The van der Waals surface area contributed by atoms with Crippen molar-refractivity contribution in [2.24, 2.45) is 0 Å². The van der Waals surface area contributed by atoms with Gasteiger partial charge in [-0.3, -0.25) is 0 Å². The van der Waals surface area contributed by atoms with Gasteiger partial charge in [0.25, 0.3) is 0 Å². The number of nitrogens with zero attached hydrogens (tertiary/aromatic N) is 1. The number of rotatable bonds is 3. The predicted molar refractivity (Wildman–Crippen MR) is 74.4 cm³/mol. The number of aryl methyl sites for hydroxylation is 1. The Hall–Kier alpha value is -1.19. The highest BCUT2D eigenvalue weighted by Crippen LogP contribution is 2.26. The number of aromatic nitrogens is 1. The Bertz CT molecular complexity index is 511. The second-order valence-corrected chi connectivity index (χ2v) is 5.22. The Morgan fingerprint density at radius 1 is 1.29 bits per heavy atom. The fourth-order valence-corrected chi connectivity index (χ4v) is 2.41. The van der Waals surface area contributed by atoms with Crippen molar-refractivity contribution in [3.05, 3.63) is 52.7 Å². The van der Waals surface area contributed by atoms with Gasteiger partial charge in [0, 0.05) is 17.0 Å². The van der Waals surface area contributed by atoms with Crippen molar-refractivity contribution in [3.8, 4) is 0 Å². The highest BCUT2D eigenvalue weighted by atomic mass is 35.5. The van der Waals surface area contributed by atoms with E-state index in [0.29, 0.717) is 0 Å². The lowest BCUT2D eigenvalue weighted by Gasteiger charge is -2.05. The average Bonchev–Trinajstić information content (AvgIpc) is 2.30. The monoisotopic (exact) mass is 264 g/mol. The number of hydrogen-bond acceptors (Lipinski definition) is 3. The smallest absolute Gasteiger partial charge is 0.119 e. The third-order valence-electron chi connectivity index (χ3n) is 2.30. The number of nitrogens with two attached hydrogens (primary N) is 1. The van der Waals surface area contributed by atoms with Gasteiger partial charge in [-0.25, -0.2) is 4.98 Å². The Balaban J connectivity index is 2.04. The molecule has 0 radical (unpaired) electrons. The highest BCUT2D eigenvalue weighted by Gasteiger charge is 2.02. The minimum atomic E-state index is 0.740. The van der Waals surface area contributed by atoms with Crippen LogP contribution < -0.4 is 5.73 Å². The first-order valence-electron chi connectivity index (χ1n) is 5.24. The van der Waals surface area contributed by atoms with E-state index in [2.05, 4.69) is 4.98 Å². The van der Waals surface area contributed by atoms with E-state index in [4.69, 9.17) is 17.3 Å². The fourth-order valence-electron chi connectivity index (χ4n) is 1.43. The maximum absolute atomic E-state index is 5.91. The maximum atomic E-state index is 5.91. The van der Waals surface area contributed by atoms with Crippen LogP contribution in [0.2, 0.25) is 5.02 Å². The van der Waals surface area contributed by atoms with Crippen LogP contribution >= 0.6 is 23.4 Å². The van der Waals surface area contributed by atoms with Crippen LogP contribution in [0, 0.1) is 6.92 Å². The summed E-state index contributed by atoms with van der Waals surface area (Å²) in [6, 6.07) is 9.75. The zero-order valence-electron chi connectivity index (χ0n) is 9.48. The van der Waals surface area contributed by atoms with Gasteiger partial charge < -0.3 is 5.73 Å². The third-order valence-corrected chi connectivity index (χ3v) is 3.65. The van der Waals surface area contributed by atoms with Gasteiger partial charge in [0.15, 0.2) is 0 Å². The van der Waals surface area contributed by atoms with Crippen molar-refractivity contribution in [3.63, 3.8) is 0 Å². The number of anilines is 1. The van der Waals surface area contributed by atoms with Gasteiger partial charge in [-0.2, -0.15) is 0 Å². The summed E-state index contributed by atoms with van der Waals surface area (Å²) < 4.78 is 0. The molecule has 1 aromatic carbocycles. The molecule has 0 spiro atoms. The van der Waals surface area contributed by atoms with Gasteiger partial charge in [0.2, 0.25) is 0 Å². The molecule has 0 aliphatic heterocycles. The van der Waals surface area contributed by atoms with E-state index in [9.17, 15) is 0 Å². The molecule has 2 nitrogen and oxygen atoms in total. The zero-order chi connectivity index (χ0) is 12.3. The highest BCUT2D eigenvalue weighted by molar-refractivity contribution is 7.98. The van der Waals surface area contributed by atoms with E-state index in [1.165, 1.54) is 5.56 Å². The standard InChI is InChI=1S/C13H13ClN2S/c1-9-6-12(15)13(16-7-9)17-8-10-2-4-11(14)5-3-10/h2-7H,8,15H2,1H3. The summed E-state index contributed by atoms with van der Waals surface area (Å²) in [5.74, 6) is 0.845. The molecular formula is C13H13ClN2S. The number of nitrogen functional groups attached to an aromatic ring is 1. The molecule has 0 amide bonds. The molecule has 4 heteroatoms. The molecule has 0 aliphatic rings. The summed E-state index contributed by atoms with van der Waals surface area (Å²) in [5.41, 5.74) is 8.94. The lowest BCUT2D eigenvalue weighted by atomic mass is 10.2. The van der Waals surface area contributed by atoms with Crippen molar-refractivity contribution < 1.29 is 0 Å². The van der Waals surface area contributed by atoms with Gasteiger partial charge in [-0.1, -0.05) is 35.5 Å². The second kappa shape index (κ2) is 5.43. The van der Waals surface area contributed by atoms with Crippen LogP contribution in [0.15, 0.2) is 41.6 Å². The molecule has 0 fully saturated rings. The van der Waals surface area contributed by atoms with Crippen LogP contribution in [0.3, 0.4) is 0 Å². The van der Waals surface area contributed by atoms with Crippen LogP contribution in [0.4, 0.5) is 5.69 Å². The van der Waals surface area contributed by atoms with Crippen LogP contribution in [-0.4, -0.2) is 4.98 Å². The Morgan fingerprint density at radius 2 is 2.00 bits per heavy atom. The molecular weight excluding hydrogens is 252 g/mol. The Labute approximate surface area is 110 Å². The number of hydrogen-bond donors (Lipinski definition) is 1. The molecule has 0 saturated carbocycles. The summed E-state index contributed by atoms with van der Waals surface area (Å²) in [5, 5.41) is 1.64. The van der Waals surface area contributed by atoms with E-state index in [0.717, 1.165) is 27.1 Å². The van der Waals surface area contributed by atoms with Gasteiger partial charge >= 0.3 is 0 Å². The summed E-state index contributed by atoms with van der Waals surface area (Å²) in [6.07, 6.45) is 1.83. The van der Waals surface area contributed by atoms with Gasteiger partial charge in [0.05, 0.1) is 5.69 Å². The lowest BCUT2D eigenvalue weighted by molar-refractivity contribution is 1.11. The van der Waals surface area contributed by atoms with Crippen molar-refractivity contribution in [1.82, 2.24) is 4.98 Å². The molecule has 1 aromatic heterocycles. The number of halogens is 1. The Morgan fingerprint density at radius 3 is 2.65 bits per heavy atom. The lowest BCUT2D eigenvalue weighted by Crippen LogP contribution is -1.93. The first-order valence-corrected chi connectivity index (χ1v) is 6.61. The van der Waals surface area contributed by atoms with Crippen LogP contribution in [0.5, 0.6) is 0 Å². The summed E-state index contributed by atoms with van der Waals surface area (Å²) in [4.78, 5) is 4.32. The average molecular weight is 265 g/mol. The molecule has 0 saturated heterocycles. The molecule has 0 bridgehead atoms. The van der Waals surface area contributed by atoms with E-state index < -0.39 is 0 Å². The third kappa shape index (κ3) is 3.38.